The zero-order chi connectivity index (χ0) is 18.5. The summed E-state index contributed by atoms with van der Waals surface area (Å²) in [5.41, 5.74) is 3.34. The van der Waals surface area contributed by atoms with Gasteiger partial charge >= 0.3 is 0 Å². The normalized spacial score (nSPS) is 14.2. The second-order valence-electron chi connectivity index (χ2n) is 6.77. The molecule has 138 valence electrons. The van der Waals surface area contributed by atoms with Gasteiger partial charge in [-0.05, 0) is 62.4 Å². The Labute approximate surface area is 154 Å². The lowest BCUT2D eigenvalue weighted by Gasteiger charge is -2.30. The molecule has 0 aromatic heterocycles. The van der Waals surface area contributed by atoms with Gasteiger partial charge in [-0.15, -0.1) is 0 Å². The lowest BCUT2D eigenvalue weighted by Crippen LogP contribution is -2.31. The van der Waals surface area contributed by atoms with Crippen molar-refractivity contribution in [2.75, 3.05) is 29.9 Å². The number of carbonyl (C=O) groups is 1. The van der Waals surface area contributed by atoms with Gasteiger partial charge in [-0.3, -0.25) is 4.79 Å². The van der Waals surface area contributed by atoms with Crippen molar-refractivity contribution in [3.8, 4) is 5.75 Å². The molecule has 0 radical (unpaired) electrons. The molecule has 1 heterocycles. The summed E-state index contributed by atoms with van der Waals surface area (Å²) in [7, 11) is 0. The fourth-order valence-electron chi connectivity index (χ4n) is 3.37. The Morgan fingerprint density at radius 3 is 2.50 bits per heavy atom. The van der Waals surface area contributed by atoms with E-state index in [9.17, 15) is 9.18 Å². The van der Waals surface area contributed by atoms with Gasteiger partial charge in [0.25, 0.3) is 5.91 Å². The quantitative estimate of drug-likeness (QED) is 0.860. The van der Waals surface area contributed by atoms with Crippen molar-refractivity contribution in [1.29, 1.82) is 0 Å². The van der Waals surface area contributed by atoms with E-state index >= 15 is 0 Å². The molecule has 0 aliphatic carbocycles. The SMILES string of the molecule is Cc1cccc(C)c1OCC(=O)Nc1cc(F)ccc1N1CCCCC1. The Balaban J connectivity index is 1.69. The van der Waals surface area contributed by atoms with Gasteiger partial charge in [-0.1, -0.05) is 18.2 Å². The predicted molar refractivity (Wildman–Crippen MR) is 103 cm³/mol. The molecule has 1 aliphatic rings. The maximum absolute atomic E-state index is 13.7. The third-order valence-corrected chi connectivity index (χ3v) is 4.69. The molecule has 0 unspecified atom stereocenters. The van der Waals surface area contributed by atoms with Crippen molar-refractivity contribution in [3.05, 3.63) is 53.3 Å². The minimum absolute atomic E-state index is 0.109. The average Bonchev–Trinajstić information content (AvgIpc) is 2.62. The molecule has 26 heavy (non-hydrogen) atoms. The molecule has 0 spiro atoms. The summed E-state index contributed by atoms with van der Waals surface area (Å²) in [4.78, 5) is 14.6. The minimum atomic E-state index is -0.364. The first kappa shape index (κ1) is 18.2. The molecule has 2 aromatic carbocycles. The largest absolute Gasteiger partial charge is 0.483 e. The van der Waals surface area contributed by atoms with E-state index in [1.807, 2.05) is 32.0 Å². The molecule has 4 nitrogen and oxygen atoms in total. The number of amides is 1. The lowest BCUT2D eigenvalue weighted by molar-refractivity contribution is -0.118. The Kier molecular flexibility index (Phi) is 5.76. The van der Waals surface area contributed by atoms with Crippen LogP contribution in [0.3, 0.4) is 0 Å². The van der Waals surface area contributed by atoms with Gasteiger partial charge in [0.2, 0.25) is 0 Å². The maximum atomic E-state index is 13.7. The van der Waals surface area contributed by atoms with Crippen molar-refractivity contribution in [2.24, 2.45) is 0 Å². The number of piperidine rings is 1. The van der Waals surface area contributed by atoms with Crippen LogP contribution >= 0.6 is 0 Å². The summed E-state index contributed by atoms with van der Waals surface area (Å²) < 4.78 is 19.4. The van der Waals surface area contributed by atoms with E-state index in [0.29, 0.717) is 5.69 Å². The molecular formula is C21H25FN2O2. The topological polar surface area (TPSA) is 41.6 Å². The fraction of sp³-hybridized carbons (Fsp3) is 0.381. The molecule has 5 heteroatoms. The van der Waals surface area contributed by atoms with Crippen LogP contribution in [0, 0.1) is 19.7 Å². The minimum Gasteiger partial charge on any atom is -0.483 e. The van der Waals surface area contributed by atoms with Crippen molar-refractivity contribution < 1.29 is 13.9 Å². The van der Waals surface area contributed by atoms with Gasteiger partial charge in [0.15, 0.2) is 6.61 Å². The van der Waals surface area contributed by atoms with Crippen LogP contribution in [0.2, 0.25) is 0 Å². The number of carbonyl (C=O) groups excluding carboxylic acids is 1. The van der Waals surface area contributed by atoms with E-state index in [-0.39, 0.29) is 18.3 Å². The first-order valence-corrected chi connectivity index (χ1v) is 9.08. The van der Waals surface area contributed by atoms with E-state index in [1.54, 1.807) is 6.07 Å². The number of nitrogens with zero attached hydrogens (tertiary/aromatic N) is 1. The Hall–Kier alpha value is -2.56. The highest BCUT2D eigenvalue weighted by Crippen LogP contribution is 2.29. The van der Waals surface area contributed by atoms with Crippen molar-refractivity contribution in [2.45, 2.75) is 33.1 Å². The number of hydrogen-bond acceptors (Lipinski definition) is 3. The van der Waals surface area contributed by atoms with Gasteiger partial charge in [-0.25, -0.2) is 4.39 Å². The van der Waals surface area contributed by atoms with Gasteiger partial charge in [0.05, 0.1) is 11.4 Å². The molecule has 0 saturated carbocycles. The summed E-state index contributed by atoms with van der Waals surface area (Å²) in [6, 6.07) is 10.4. The first-order chi connectivity index (χ1) is 12.5. The summed E-state index contributed by atoms with van der Waals surface area (Å²) in [5, 5.41) is 2.81. The highest BCUT2D eigenvalue weighted by molar-refractivity contribution is 5.95. The highest BCUT2D eigenvalue weighted by Gasteiger charge is 2.17. The van der Waals surface area contributed by atoms with Crippen LogP contribution in [0.25, 0.3) is 0 Å². The molecular weight excluding hydrogens is 331 g/mol. The molecule has 1 saturated heterocycles. The lowest BCUT2D eigenvalue weighted by atomic mass is 10.1. The van der Waals surface area contributed by atoms with Crippen LogP contribution in [-0.4, -0.2) is 25.6 Å². The standard InChI is InChI=1S/C21H25FN2O2/c1-15-7-6-8-16(2)21(15)26-14-20(25)23-18-13-17(22)9-10-19(18)24-11-4-3-5-12-24/h6-10,13H,3-5,11-12,14H2,1-2H3,(H,23,25). The number of rotatable bonds is 5. The van der Waals surface area contributed by atoms with Crippen molar-refractivity contribution >= 4 is 17.3 Å². The van der Waals surface area contributed by atoms with E-state index < -0.39 is 0 Å². The molecule has 1 N–H and O–H groups in total. The van der Waals surface area contributed by atoms with Crippen LogP contribution in [-0.2, 0) is 4.79 Å². The molecule has 3 rings (SSSR count). The number of aryl methyl sites for hydroxylation is 2. The molecule has 0 atom stereocenters. The van der Waals surface area contributed by atoms with Crippen LogP contribution in [0.15, 0.2) is 36.4 Å². The van der Waals surface area contributed by atoms with Crippen molar-refractivity contribution in [3.63, 3.8) is 0 Å². The smallest absolute Gasteiger partial charge is 0.262 e. The van der Waals surface area contributed by atoms with E-state index in [2.05, 4.69) is 10.2 Å². The highest BCUT2D eigenvalue weighted by atomic mass is 19.1. The Morgan fingerprint density at radius 1 is 1.12 bits per heavy atom. The van der Waals surface area contributed by atoms with Gasteiger partial charge in [0.1, 0.15) is 11.6 Å². The predicted octanol–water partition coefficient (Wildman–Crippen LogP) is 4.45. The third kappa shape index (κ3) is 4.34. The van der Waals surface area contributed by atoms with Crippen LogP contribution in [0.1, 0.15) is 30.4 Å². The zero-order valence-corrected chi connectivity index (χ0v) is 15.3. The maximum Gasteiger partial charge on any atom is 0.262 e. The summed E-state index contributed by atoms with van der Waals surface area (Å²) in [6.45, 7) is 5.63. The second-order valence-corrected chi connectivity index (χ2v) is 6.77. The third-order valence-electron chi connectivity index (χ3n) is 4.69. The monoisotopic (exact) mass is 356 g/mol. The molecule has 0 bridgehead atoms. The number of nitrogens with one attached hydrogen (secondary N) is 1. The van der Waals surface area contributed by atoms with Crippen LogP contribution in [0.4, 0.5) is 15.8 Å². The van der Waals surface area contributed by atoms with E-state index in [0.717, 1.165) is 48.5 Å². The molecule has 2 aromatic rings. The summed E-state index contributed by atoms with van der Waals surface area (Å²) in [5.74, 6) is 0.0615. The Morgan fingerprint density at radius 2 is 1.81 bits per heavy atom. The summed E-state index contributed by atoms with van der Waals surface area (Å²) in [6.07, 6.45) is 3.43. The summed E-state index contributed by atoms with van der Waals surface area (Å²) >= 11 is 0. The number of anilines is 2. The van der Waals surface area contributed by atoms with E-state index in [1.165, 1.54) is 18.6 Å². The van der Waals surface area contributed by atoms with Gasteiger partial charge in [-0.2, -0.15) is 0 Å². The van der Waals surface area contributed by atoms with E-state index in [4.69, 9.17) is 4.74 Å². The molecule has 1 fully saturated rings. The molecule has 1 amide bonds. The number of halogens is 1. The van der Waals surface area contributed by atoms with Crippen LogP contribution < -0.4 is 15.0 Å². The average molecular weight is 356 g/mol. The van der Waals surface area contributed by atoms with Crippen LogP contribution in [0.5, 0.6) is 5.75 Å². The number of benzene rings is 2. The molecule has 1 aliphatic heterocycles. The number of ether oxygens (including phenoxy) is 1. The zero-order valence-electron chi connectivity index (χ0n) is 15.3. The number of para-hydroxylation sites is 1. The van der Waals surface area contributed by atoms with Crippen molar-refractivity contribution in [1.82, 2.24) is 0 Å². The van der Waals surface area contributed by atoms with Gasteiger partial charge in [0, 0.05) is 13.1 Å². The first-order valence-electron chi connectivity index (χ1n) is 9.08. The van der Waals surface area contributed by atoms with Gasteiger partial charge < -0.3 is 15.0 Å². The fourth-order valence-corrected chi connectivity index (χ4v) is 3.37. The number of hydrogen-bond donors (Lipinski definition) is 1. The second kappa shape index (κ2) is 8.21. The Bertz CT molecular complexity index is 765.